The van der Waals surface area contributed by atoms with Crippen LogP contribution in [0.15, 0.2) is 97.1 Å². The van der Waals surface area contributed by atoms with Gasteiger partial charge in [0.15, 0.2) is 0 Å². The van der Waals surface area contributed by atoms with E-state index in [0.29, 0.717) is 24.4 Å². The fourth-order valence-electron chi connectivity index (χ4n) is 5.29. The molecule has 4 aliphatic heterocycles. The third-order valence-corrected chi connectivity index (χ3v) is 8.03. The van der Waals surface area contributed by atoms with Crippen molar-refractivity contribution in [1.82, 2.24) is 0 Å². The lowest BCUT2D eigenvalue weighted by molar-refractivity contribution is 0.388. The van der Waals surface area contributed by atoms with Gasteiger partial charge in [-0.05, 0) is 72.8 Å². The largest absolute Gasteiger partial charge is 0.457 e. The fraction of sp³-hybridized carbons (Fsp3) is 0.333. The van der Waals surface area contributed by atoms with Crippen LogP contribution in [-0.4, -0.2) is 77.0 Å². The third-order valence-electron chi connectivity index (χ3n) is 8.03. The highest BCUT2D eigenvalue weighted by Gasteiger charge is 2.32. The Hall–Kier alpha value is -4.28. The summed E-state index contributed by atoms with van der Waals surface area (Å²) < 4.78 is 40.3. The first-order valence-electron chi connectivity index (χ1n) is 15.6. The molecule has 45 heavy (non-hydrogen) atoms. The minimum Gasteiger partial charge on any atom is -0.457 e. The van der Waals surface area contributed by atoms with Gasteiger partial charge in [-0.3, -0.25) is 0 Å². The molecule has 0 bridgehead atoms. The van der Waals surface area contributed by atoms with Crippen LogP contribution < -0.4 is 24.0 Å². The molecule has 9 nitrogen and oxygen atoms in total. The van der Waals surface area contributed by atoms with E-state index in [9.17, 15) is 0 Å². The maximum atomic E-state index is 6.18. The number of epoxide rings is 4. The molecule has 0 aromatic heterocycles. The van der Waals surface area contributed by atoms with Crippen molar-refractivity contribution in [2.75, 3.05) is 62.4 Å². The molecule has 8 rings (SSSR count). The summed E-state index contributed by atoms with van der Waals surface area (Å²) in [5.41, 5.74) is 2.21. The lowest BCUT2D eigenvalue weighted by atomic mass is 10.2. The first kappa shape index (κ1) is 28.2. The normalized spacial score (nSPS) is 22.3. The molecule has 0 amide bonds. The summed E-state index contributed by atoms with van der Waals surface area (Å²) in [4.78, 5) is 4.63. The molecule has 4 unspecified atom stereocenters. The quantitative estimate of drug-likeness (QED) is 0.137. The highest BCUT2D eigenvalue weighted by molar-refractivity contribution is 5.53. The molecule has 4 heterocycles. The number of hydrogen-bond donors (Lipinski definition) is 0. The molecule has 0 N–H and O–H groups in total. The minimum atomic E-state index is 0.304. The predicted octanol–water partition coefficient (Wildman–Crippen LogP) is 6.27. The second kappa shape index (κ2) is 12.6. The highest BCUT2D eigenvalue weighted by atomic mass is 16.6. The number of anilines is 2. The second-order valence-electron chi connectivity index (χ2n) is 11.9. The Labute approximate surface area is 262 Å². The molecular formula is C36H36N2O7. The fourth-order valence-corrected chi connectivity index (χ4v) is 5.29. The van der Waals surface area contributed by atoms with E-state index in [1.54, 1.807) is 0 Å². The van der Waals surface area contributed by atoms with Gasteiger partial charge in [0.2, 0.25) is 0 Å². The van der Waals surface area contributed by atoms with Crippen molar-refractivity contribution >= 4 is 11.4 Å². The highest BCUT2D eigenvalue weighted by Crippen LogP contribution is 2.33. The summed E-state index contributed by atoms with van der Waals surface area (Å²) in [5, 5.41) is 0. The molecule has 4 fully saturated rings. The van der Waals surface area contributed by atoms with E-state index in [2.05, 4.69) is 34.1 Å². The molecule has 9 heteroatoms. The SMILES string of the molecule is c1cc(Oc2ccc(Oc3ccc(Oc4cccc(N(CC5CO5)CC5CO5)c4)cc3)cc2)cc(N(CC2CO2)CC2CO2)c1. The molecule has 4 aromatic carbocycles. The Kier molecular flexibility index (Phi) is 7.91. The van der Waals surface area contributed by atoms with Gasteiger partial charge in [0.05, 0.1) is 50.8 Å². The summed E-state index contributed by atoms with van der Waals surface area (Å²) >= 11 is 0. The Morgan fingerprint density at radius 2 is 0.711 bits per heavy atom. The van der Waals surface area contributed by atoms with Crippen LogP contribution in [0.2, 0.25) is 0 Å². The summed E-state index contributed by atoms with van der Waals surface area (Å²) in [5.74, 6) is 4.47. The Morgan fingerprint density at radius 1 is 0.422 bits per heavy atom. The van der Waals surface area contributed by atoms with Crippen LogP contribution in [0.25, 0.3) is 0 Å². The van der Waals surface area contributed by atoms with E-state index in [4.69, 9.17) is 33.2 Å². The summed E-state index contributed by atoms with van der Waals surface area (Å²) in [6.45, 7) is 6.75. The topological polar surface area (TPSA) is 84.3 Å². The Morgan fingerprint density at radius 3 is 1.00 bits per heavy atom. The second-order valence-corrected chi connectivity index (χ2v) is 11.9. The van der Waals surface area contributed by atoms with Gasteiger partial charge in [0, 0.05) is 49.7 Å². The minimum absolute atomic E-state index is 0.304. The maximum Gasteiger partial charge on any atom is 0.129 e. The van der Waals surface area contributed by atoms with Gasteiger partial charge in [0.1, 0.15) is 34.5 Å². The smallest absolute Gasteiger partial charge is 0.129 e. The van der Waals surface area contributed by atoms with Crippen molar-refractivity contribution in [3.8, 4) is 34.5 Å². The van der Waals surface area contributed by atoms with Crippen LogP contribution in [0, 0.1) is 0 Å². The molecule has 4 aromatic rings. The maximum absolute atomic E-state index is 6.18. The summed E-state index contributed by atoms with van der Waals surface area (Å²) in [6, 6.07) is 31.6. The van der Waals surface area contributed by atoms with E-state index in [-0.39, 0.29) is 0 Å². The van der Waals surface area contributed by atoms with Crippen LogP contribution >= 0.6 is 0 Å². The van der Waals surface area contributed by atoms with E-state index >= 15 is 0 Å². The van der Waals surface area contributed by atoms with E-state index in [1.807, 2.05) is 72.8 Å². The predicted molar refractivity (Wildman–Crippen MR) is 169 cm³/mol. The van der Waals surface area contributed by atoms with Crippen molar-refractivity contribution in [1.29, 1.82) is 0 Å². The van der Waals surface area contributed by atoms with Gasteiger partial charge in [-0.25, -0.2) is 0 Å². The van der Waals surface area contributed by atoms with Crippen LogP contribution in [-0.2, 0) is 18.9 Å². The first-order chi connectivity index (χ1) is 22.2. The molecule has 4 aliphatic rings. The molecule has 4 saturated heterocycles. The number of ether oxygens (including phenoxy) is 7. The monoisotopic (exact) mass is 608 g/mol. The van der Waals surface area contributed by atoms with E-state index in [0.717, 1.165) is 98.5 Å². The molecule has 0 saturated carbocycles. The van der Waals surface area contributed by atoms with Gasteiger partial charge < -0.3 is 43.0 Å². The standard InChI is InChI=1S/C36H36N2O7/c1-3-25(37(17-33-21-39-33)18-34-22-40-34)15-31(5-1)44-29-11-7-27(8-12-29)43-28-9-13-30(14-10-28)45-32-6-2-4-26(16-32)38(19-35-23-41-35)20-36-24-42-36/h1-16,33-36H,17-24H2. The Balaban J connectivity index is 0.863. The molecule has 232 valence electrons. The van der Waals surface area contributed by atoms with Gasteiger partial charge in [0.25, 0.3) is 0 Å². The number of nitrogens with zero attached hydrogens (tertiary/aromatic N) is 2. The van der Waals surface area contributed by atoms with Crippen LogP contribution in [0.1, 0.15) is 0 Å². The zero-order valence-electron chi connectivity index (χ0n) is 25.0. The van der Waals surface area contributed by atoms with Crippen molar-refractivity contribution in [3.05, 3.63) is 97.1 Å². The lowest BCUT2D eigenvalue weighted by Gasteiger charge is -2.23. The van der Waals surface area contributed by atoms with Gasteiger partial charge >= 0.3 is 0 Å². The third kappa shape index (κ3) is 8.06. The zero-order valence-corrected chi connectivity index (χ0v) is 25.0. The van der Waals surface area contributed by atoms with Crippen molar-refractivity contribution < 1.29 is 33.2 Å². The first-order valence-corrected chi connectivity index (χ1v) is 15.6. The van der Waals surface area contributed by atoms with Gasteiger partial charge in [-0.1, -0.05) is 12.1 Å². The van der Waals surface area contributed by atoms with E-state index < -0.39 is 0 Å². The molecule has 0 spiro atoms. The molecular weight excluding hydrogens is 572 g/mol. The van der Waals surface area contributed by atoms with Gasteiger partial charge in [-0.15, -0.1) is 0 Å². The van der Waals surface area contributed by atoms with Crippen molar-refractivity contribution in [3.63, 3.8) is 0 Å². The molecule has 0 radical (unpaired) electrons. The molecule has 4 atom stereocenters. The Bertz CT molecular complexity index is 1440. The van der Waals surface area contributed by atoms with E-state index in [1.165, 1.54) is 0 Å². The molecule has 0 aliphatic carbocycles. The average Bonchev–Trinajstić information content (AvgIpc) is 3.85. The number of rotatable bonds is 16. The average molecular weight is 609 g/mol. The van der Waals surface area contributed by atoms with Gasteiger partial charge in [-0.2, -0.15) is 0 Å². The number of hydrogen-bond acceptors (Lipinski definition) is 9. The van der Waals surface area contributed by atoms with Crippen LogP contribution in [0.3, 0.4) is 0 Å². The van der Waals surface area contributed by atoms with Crippen molar-refractivity contribution in [2.45, 2.75) is 24.4 Å². The lowest BCUT2D eigenvalue weighted by Crippen LogP contribution is -2.31. The summed E-state index contributed by atoms with van der Waals surface area (Å²) in [7, 11) is 0. The van der Waals surface area contributed by atoms with Crippen LogP contribution in [0.5, 0.6) is 34.5 Å². The zero-order chi connectivity index (χ0) is 30.0. The van der Waals surface area contributed by atoms with Crippen molar-refractivity contribution in [2.24, 2.45) is 0 Å². The van der Waals surface area contributed by atoms with Crippen LogP contribution in [0.4, 0.5) is 11.4 Å². The summed E-state index contributed by atoms with van der Waals surface area (Å²) in [6.07, 6.45) is 1.22. The number of benzene rings is 4.